The zero-order valence-electron chi connectivity index (χ0n) is 29.6. The topological polar surface area (TPSA) is 243 Å². The monoisotopic (exact) mass is 796 g/mol. The van der Waals surface area contributed by atoms with Crippen molar-refractivity contribution in [1.82, 2.24) is 20.5 Å². The number of hydrogen-bond donors (Lipinski definition) is 6. The number of phenolic OH excluding ortho intramolecular Hbond substituents is 2. The molecule has 2 unspecified atom stereocenters. The molecule has 5 rings (SSSR count). The smallest absolute Gasteiger partial charge is 0.355 e. The second-order valence-corrected chi connectivity index (χ2v) is 15.3. The summed E-state index contributed by atoms with van der Waals surface area (Å²) in [6.07, 6.45) is 3.28. The van der Waals surface area contributed by atoms with Crippen molar-refractivity contribution in [3.05, 3.63) is 45.1 Å². The number of likely N-dealkylation sites (N-methyl/N-ethyl adjacent to an activating group) is 1. The molecule has 7 N–H and O–H groups in total. The summed E-state index contributed by atoms with van der Waals surface area (Å²) in [4.78, 5) is 69.7. The third-order valence-electron chi connectivity index (χ3n) is 9.00. The zero-order valence-corrected chi connectivity index (χ0v) is 32.0. The Balaban J connectivity index is 0.000000310. The minimum atomic E-state index is -1.52. The van der Waals surface area contributed by atoms with E-state index in [-0.39, 0.29) is 50.2 Å². The van der Waals surface area contributed by atoms with Crippen LogP contribution in [-0.4, -0.2) is 135 Å². The highest BCUT2D eigenvalue weighted by Gasteiger charge is 2.54. The molecular weight excluding hydrogens is 754 g/mol. The number of carbonyl (C=O) groups excluding carboxylic acids is 4. The molecule has 288 valence electrons. The lowest BCUT2D eigenvalue weighted by atomic mass is 10.0. The summed E-state index contributed by atoms with van der Waals surface area (Å²) in [5, 5.41) is 38.9. The number of aromatic nitrogens is 1. The van der Waals surface area contributed by atoms with Crippen molar-refractivity contribution in [3.8, 4) is 11.5 Å². The maximum absolute atomic E-state index is 12.7. The number of rotatable bonds is 14. The van der Waals surface area contributed by atoms with Gasteiger partial charge < -0.3 is 45.7 Å². The van der Waals surface area contributed by atoms with Gasteiger partial charge in [-0.05, 0) is 33.0 Å². The standard InChI is InChI=1S/C24H31ClN4O6S.C9H11N3O4S/c1-26-18-22(33)28-19(24(34)35-2)14(13-36-23(18)28)12-29(9-3-4-10-29)11-5-8-27-21(32)15-6-7-16(30)20(31)17(15)25;1-9(2,7(14)15)16-12-5(3-13)6-4-17-8(10)11-6/h6-7,18,23,26H,3-5,8-13H2,1-2H3,(H2-,27,30,31,32);3-4H,1-2H3,(H2,10,11)(H,14,15)/p+1/b;12-5+. The number of nitrogen functional groups attached to an aromatic ring is 1. The first-order chi connectivity index (χ1) is 25.1. The fourth-order valence-electron chi connectivity index (χ4n) is 6.07. The van der Waals surface area contributed by atoms with Crippen LogP contribution in [0.2, 0.25) is 5.02 Å². The van der Waals surface area contributed by atoms with E-state index in [0.717, 1.165) is 53.9 Å². The SMILES string of the molecule is CC(C)(O/N=C(\C=O)c1csc(N)n1)C(=O)O.CNC1C(=O)N2C(C(=O)OC)=C(C[N+]3(CCCNC(=O)c4ccc(O)c(O)c4Cl)CCCC3)CSC12. The number of β-lactam (4-membered cyclic amide) rings is 1. The first kappa shape index (κ1) is 41.3. The van der Waals surface area contributed by atoms with Crippen molar-refractivity contribution in [2.45, 2.75) is 50.1 Å². The molecule has 3 aliphatic rings. The maximum Gasteiger partial charge on any atom is 0.355 e. The van der Waals surface area contributed by atoms with Gasteiger partial charge in [0.1, 0.15) is 29.4 Å². The second-order valence-electron chi connectivity index (χ2n) is 13.0. The molecule has 2 atom stereocenters. The van der Waals surface area contributed by atoms with Crippen molar-refractivity contribution >= 4 is 75.6 Å². The van der Waals surface area contributed by atoms with Crippen LogP contribution in [0.4, 0.5) is 5.13 Å². The summed E-state index contributed by atoms with van der Waals surface area (Å²) >= 11 is 8.80. The Kier molecular flexibility index (Phi) is 13.7. The Morgan fingerprint density at radius 1 is 1.25 bits per heavy atom. The summed E-state index contributed by atoms with van der Waals surface area (Å²) in [5.74, 6) is -2.44. The highest BCUT2D eigenvalue weighted by Crippen LogP contribution is 2.41. The summed E-state index contributed by atoms with van der Waals surface area (Å²) in [6.45, 7) is 6.42. The van der Waals surface area contributed by atoms with Crippen molar-refractivity contribution in [3.63, 3.8) is 0 Å². The number of halogens is 1. The third-order valence-corrected chi connectivity index (χ3v) is 11.4. The van der Waals surface area contributed by atoms with E-state index in [4.69, 9.17) is 32.0 Å². The van der Waals surface area contributed by atoms with E-state index in [1.165, 1.54) is 38.5 Å². The van der Waals surface area contributed by atoms with Crippen LogP contribution in [0.1, 0.15) is 49.2 Å². The van der Waals surface area contributed by atoms with Gasteiger partial charge in [-0.2, -0.15) is 0 Å². The molecule has 1 aromatic carbocycles. The van der Waals surface area contributed by atoms with Gasteiger partial charge in [0, 0.05) is 42.5 Å². The molecule has 0 saturated carbocycles. The highest BCUT2D eigenvalue weighted by atomic mass is 35.5. The number of methoxy groups -OCH3 is 1. The van der Waals surface area contributed by atoms with E-state index in [0.29, 0.717) is 37.2 Å². The van der Waals surface area contributed by atoms with Crippen LogP contribution >= 0.6 is 34.7 Å². The number of carbonyl (C=O) groups is 5. The number of carboxylic acids is 1. The van der Waals surface area contributed by atoms with Crippen LogP contribution in [0.25, 0.3) is 0 Å². The number of oxime groups is 1. The van der Waals surface area contributed by atoms with Gasteiger partial charge in [-0.25, -0.2) is 14.6 Å². The summed E-state index contributed by atoms with van der Waals surface area (Å²) in [6, 6.07) is 2.30. The van der Waals surface area contributed by atoms with Crippen molar-refractivity contribution in [1.29, 1.82) is 0 Å². The number of nitrogens with zero attached hydrogens (tertiary/aromatic N) is 4. The number of ether oxygens (including phenoxy) is 1. The molecule has 17 nitrogen and oxygen atoms in total. The molecule has 0 aliphatic carbocycles. The number of thiazole rings is 1. The number of benzene rings is 1. The van der Waals surface area contributed by atoms with E-state index in [1.807, 2.05) is 0 Å². The summed E-state index contributed by atoms with van der Waals surface area (Å²) < 4.78 is 5.85. The van der Waals surface area contributed by atoms with E-state index in [1.54, 1.807) is 23.7 Å². The normalized spacial score (nSPS) is 19.4. The number of hydrogen-bond acceptors (Lipinski definition) is 15. The van der Waals surface area contributed by atoms with Crippen LogP contribution in [0.5, 0.6) is 11.5 Å². The Morgan fingerprint density at radius 2 is 1.94 bits per heavy atom. The number of thioether (sulfide) groups is 1. The average molecular weight is 797 g/mol. The molecule has 2 amide bonds. The minimum Gasteiger partial charge on any atom is -0.504 e. The number of esters is 1. The zero-order chi connectivity index (χ0) is 39.1. The number of quaternary nitrogens is 1. The maximum atomic E-state index is 12.7. The summed E-state index contributed by atoms with van der Waals surface area (Å²) in [5.41, 5.74) is 5.45. The van der Waals surface area contributed by atoms with Gasteiger partial charge in [0.25, 0.3) is 5.91 Å². The molecular formula is C33H43ClN7O10S2+. The number of aromatic hydroxyl groups is 2. The number of likely N-dealkylation sites (tertiary alicyclic amines) is 1. The van der Waals surface area contributed by atoms with E-state index in [2.05, 4.69) is 20.8 Å². The summed E-state index contributed by atoms with van der Waals surface area (Å²) in [7, 11) is 3.09. The predicted octanol–water partition coefficient (Wildman–Crippen LogP) is 1.92. The molecule has 4 heterocycles. The first-order valence-corrected chi connectivity index (χ1v) is 18.8. The molecule has 0 bridgehead atoms. The lowest BCUT2D eigenvalue weighted by Gasteiger charge is -2.50. The molecule has 2 fully saturated rings. The average Bonchev–Trinajstić information content (AvgIpc) is 3.78. The molecule has 3 aliphatic heterocycles. The minimum absolute atomic E-state index is 0.0952. The van der Waals surface area contributed by atoms with Crippen molar-refractivity contribution in [2.24, 2.45) is 5.16 Å². The van der Waals surface area contributed by atoms with Crippen LogP contribution in [0.3, 0.4) is 0 Å². The molecule has 53 heavy (non-hydrogen) atoms. The number of aldehydes is 1. The highest BCUT2D eigenvalue weighted by molar-refractivity contribution is 8.00. The first-order valence-electron chi connectivity index (χ1n) is 16.5. The van der Waals surface area contributed by atoms with E-state index >= 15 is 0 Å². The molecule has 20 heteroatoms. The number of nitrogens with one attached hydrogen (secondary N) is 2. The van der Waals surface area contributed by atoms with Gasteiger partial charge in [-0.1, -0.05) is 16.8 Å². The quantitative estimate of drug-likeness (QED) is 0.0234. The molecule has 0 spiro atoms. The van der Waals surface area contributed by atoms with Gasteiger partial charge in [0.2, 0.25) is 11.5 Å². The van der Waals surface area contributed by atoms with Gasteiger partial charge in [0.05, 0.1) is 37.3 Å². The van der Waals surface area contributed by atoms with Crippen LogP contribution in [-0.2, 0) is 28.8 Å². The fraction of sp³-hybridized carbons (Fsp3) is 0.485. The number of anilines is 1. The van der Waals surface area contributed by atoms with Crippen LogP contribution < -0.4 is 16.4 Å². The van der Waals surface area contributed by atoms with Crippen molar-refractivity contribution < 1.29 is 53.3 Å². The van der Waals surface area contributed by atoms with Gasteiger partial charge in [0.15, 0.2) is 28.6 Å². The lowest BCUT2D eigenvalue weighted by molar-refractivity contribution is -0.912. The Bertz CT molecular complexity index is 1790. The molecule has 1 aromatic heterocycles. The fourth-order valence-corrected chi connectivity index (χ4v) is 8.28. The van der Waals surface area contributed by atoms with Gasteiger partial charge in [-0.15, -0.1) is 23.1 Å². The van der Waals surface area contributed by atoms with Crippen LogP contribution in [0, 0.1) is 0 Å². The molecule has 0 radical (unpaired) electrons. The Morgan fingerprint density at radius 3 is 2.53 bits per heavy atom. The third kappa shape index (κ3) is 9.39. The van der Waals surface area contributed by atoms with Crippen LogP contribution in [0.15, 0.2) is 33.9 Å². The number of carboxylic acid groups (broad SMARTS) is 1. The molecule has 2 aromatic rings. The van der Waals surface area contributed by atoms with E-state index < -0.39 is 29.2 Å². The largest absolute Gasteiger partial charge is 0.504 e. The van der Waals surface area contributed by atoms with E-state index in [9.17, 15) is 34.2 Å². The van der Waals surface area contributed by atoms with Crippen molar-refractivity contribution in [2.75, 3.05) is 58.4 Å². The Labute approximate surface area is 318 Å². The van der Waals surface area contributed by atoms with Gasteiger partial charge >= 0.3 is 11.9 Å². The molecule has 2 saturated heterocycles. The van der Waals surface area contributed by atoms with Gasteiger partial charge in [-0.3, -0.25) is 19.3 Å². The second kappa shape index (κ2) is 17.6. The Hall–Kier alpha value is -4.43. The predicted molar refractivity (Wildman–Crippen MR) is 198 cm³/mol. The number of aliphatic carboxylic acids is 1. The number of fused-ring (bicyclic) bond motifs is 1. The number of nitrogens with two attached hydrogens (primary N) is 1. The number of phenols is 2. The lowest BCUT2D eigenvalue weighted by Crippen LogP contribution is -2.69. The number of amides is 2.